The van der Waals surface area contributed by atoms with E-state index in [0.717, 1.165) is 6.42 Å². The molecule has 0 aliphatic carbocycles. The summed E-state index contributed by atoms with van der Waals surface area (Å²) in [6, 6.07) is 3.97. The van der Waals surface area contributed by atoms with Gasteiger partial charge in [-0.3, -0.25) is 4.79 Å². The van der Waals surface area contributed by atoms with Gasteiger partial charge >= 0.3 is 0 Å². The van der Waals surface area contributed by atoms with E-state index in [4.69, 9.17) is 16.2 Å². The van der Waals surface area contributed by atoms with Gasteiger partial charge in [-0.05, 0) is 24.6 Å². The van der Waals surface area contributed by atoms with E-state index in [1.165, 1.54) is 22.5 Å². The highest BCUT2D eigenvalue weighted by molar-refractivity contribution is 7.89. The number of hydrogen-bond donors (Lipinski definition) is 2. The van der Waals surface area contributed by atoms with Gasteiger partial charge in [-0.1, -0.05) is 6.92 Å². The van der Waals surface area contributed by atoms with Gasteiger partial charge in [-0.15, -0.1) is 0 Å². The van der Waals surface area contributed by atoms with Crippen LogP contribution in [0.25, 0.3) is 0 Å². The van der Waals surface area contributed by atoms with Crippen LogP contribution in [-0.2, 0) is 14.8 Å². The maximum atomic E-state index is 12.6. The summed E-state index contributed by atoms with van der Waals surface area (Å²) in [6.45, 7) is 2.89. The molecule has 21 heavy (non-hydrogen) atoms. The molecule has 1 unspecified atom stereocenters. The van der Waals surface area contributed by atoms with Gasteiger partial charge in [0.05, 0.1) is 18.4 Å². The van der Waals surface area contributed by atoms with E-state index in [0.29, 0.717) is 13.2 Å². The van der Waals surface area contributed by atoms with Crippen LogP contribution in [0.3, 0.4) is 0 Å². The summed E-state index contributed by atoms with van der Waals surface area (Å²) in [6.07, 6.45) is 0.627. The van der Waals surface area contributed by atoms with Gasteiger partial charge in [-0.25, -0.2) is 8.42 Å². The summed E-state index contributed by atoms with van der Waals surface area (Å²) in [5.41, 5.74) is 11.1. The number of anilines is 1. The Morgan fingerprint density at radius 1 is 1.48 bits per heavy atom. The highest BCUT2D eigenvalue weighted by Gasteiger charge is 2.31. The highest BCUT2D eigenvalue weighted by atomic mass is 32.2. The zero-order valence-electron chi connectivity index (χ0n) is 11.8. The molecule has 116 valence electrons. The van der Waals surface area contributed by atoms with Crippen LogP contribution in [0, 0.1) is 0 Å². The zero-order chi connectivity index (χ0) is 15.6. The highest BCUT2D eigenvalue weighted by Crippen LogP contribution is 2.25. The summed E-state index contributed by atoms with van der Waals surface area (Å²) in [7, 11) is -3.70. The first-order chi connectivity index (χ1) is 9.86. The van der Waals surface area contributed by atoms with Gasteiger partial charge < -0.3 is 16.2 Å². The Morgan fingerprint density at radius 2 is 2.19 bits per heavy atom. The Kier molecular flexibility index (Phi) is 4.50. The van der Waals surface area contributed by atoms with Crippen LogP contribution in [0.4, 0.5) is 5.69 Å². The first kappa shape index (κ1) is 15.7. The van der Waals surface area contributed by atoms with E-state index in [2.05, 4.69) is 0 Å². The second-order valence-electron chi connectivity index (χ2n) is 4.88. The second kappa shape index (κ2) is 6.00. The average molecular weight is 313 g/mol. The minimum atomic E-state index is -3.70. The number of sulfonamides is 1. The van der Waals surface area contributed by atoms with Crippen molar-refractivity contribution >= 4 is 21.6 Å². The summed E-state index contributed by atoms with van der Waals surface area (Å²) in [5, 5.41) is 0. The molecule has 0 bridgehead atoms. The molecule has 1 amide bonds. The van der Waals surface area contributed by atoms with Crippen molar-refractivity contribution in [3.8, 4) is 0 Å². The lowest BCUT2D eigenvalue weighted by Gasteiger charge is -2.31. The number of amides is 1. The van der Waals surface area contributed by atoms with E-state index in [1.807, 2.05) is 6.92 Å². The van der Waals surface area contributed by atoms with Crippen molar-refractivity contribution in [3.05, 3.63) is 23.8 Å². The molecule has 1 fully saturated rings. The smallest absolute Gasteiger partial charge is 0.248 e. The minimum Gasteiger partial charge on any atom is -0.398 e. The van der Waals surface area contributed by atoms with Crippen molar-refractivity contribution in [2.45, 2.75) is 24.3 Å². The molecule has 4 N–H and O–H groups in total. The van der Waals surface area contributed by atoms with E-state index in [1.54, 1.807) is 0 Å². The van der Waals surface area contributed by atoms with Crippen molar-refractivity contribution in [2.24, 2.45) is 5.73 Å². The monoisotopic (exact) mass is 313 g/mol. The van der Waals surface area contributed by atoms with Crippen molar-refractivity contribution in [1.82, 2.24) is 4.31 Å². The van der Waals surface area contributed by atoms with Gasteiger partial charge in [0, 0.05) is 18.7 Å². The molecule has 1 saturated heterocycles. The van der Waals surface area contributed by atoms with Crippen molar-refractivity contribution in [2.75, 3.05) is 25.4 Å². The maximum absolute atomic E-state index is 12.6. The molecule has 1 heterocycles. The number of benzene rings is 1. The van der Waals surface area contributed by atoms with E-state index in [-0.39, 0.29) is 28.8 Å². The first-order valence-electron chi connectivity index (χ1n) is 6.67. The number of nitrogens with zero attached hydrogens (tertiary/aromatic N) is 1. The Hall–Kier alpha value is -1.64. The molecule has 1 atom stereocenters. The lowest BCUT2D eigenvalue weighted by atomic mass is 10.2. The second-order valence-corrected chi connectivity index (χ2v) is 6.79. The van der Waals surface area contributed by atoms with E-state index >= 15 is 0 Å². The Bertz CT molecular complexity index is 645. The zero-order valence-corrected chi connectivity index (χ0v) is 12.6. The summed E-state index contributed by atoms with van der Waals surface area (Å²) in [4.78, 5) is 11.1. The molecular formula is C13H19N3O4S. The number of nitrogen functional groups attached to an aromatic ring is 1. The van der Waals surface area contributed by atoms with Crippen molar-refractivity contribution < 1.29 is 17.9 Å². The maximum Gasteiger partial charge on any atom is 0.248 e. The topological polar surface area (TPSA) is 116 Å². The number of primary amides is 1. The SMILES string of the molecule is CCC1CN(S(=O)(=O)c2ccc(C(N)=O)cc2N)CCO1. The van der Waals surface area contributed by atoms with Crippen LogP contribution in [0.5, 0.6) is 0 Å². The van der Waals surface area contributed by atoms with Crippen LogP contribution < -0.4 is 11.5 Å². The molecule has 8 heteroatoms. The molecule has 7 nitrogen and oxygen atoms in total. The van der Waals surface area contributed by atoms with Crippen LogP contribution in [0.2, 0.25) is 0 Å². The fourth-order valence-corrected chi connectivity index (χ4v) is 3.79. The van der Waals surface area contributed by atoms with Gasteiger partial charge in [-0.2, -0.15) is 4.31 Å². The Labute approximate surface area is 123 Å². The standard InChI is InChI=1S/C13H19N3O4S/c1-2-10-8-16(5-6-20-10)21(18,19)12-4-3-9(13(15)17)7-11(12)14/h3-4,7,10H,2,5-6,8,14H2,1H3,(H2,15,17). The number of morpholine rings is 1. The third-order valence-corrected chi connectivity index (χ3v) is 5.41. The van der Waals surface area contributed by atoms with Gasteiger partial charge in [0.25, 0.3) is 0 Å². The lowest BCUT2D eigenvalue weighted by molar-refractivity contribution is -0.00276. The molecule has 0 aromatic heterocycles. The van der Waals surface area contributed by atoms with E-state index in [9.17, 15) is 13.2 Å². The van der Waals surface area contributed by atoms with Gasteiger partial charge in [0.2, 0.25) is 15.9 Å². The number of nitrogens with two attached hydrogens (primary N) is 2. The molecule has 2 rings (SSSR count). The fraction of sp³-hybridized carbons (Fsp3) is 0.462. The third kappa shape index (κ3) is 3.17. The van der Waals surface area contributed by atoms with Crippen molar-refractivity contribution in [1.29, 1.82) is 0 Å². The lowest BCUT2D eigenvalue weighted by Crippen LogP contribution is -2.45. The predicted molar refractivity (Wildman–Crippen MR) is 78.2 cm³/mol. The molecule has 0 saturated carbocycles. The molecule has 1 aromatic carbocycles. The van der Waals surface area contributed by atoms with Crippen LogP contribution in [0.15, 0.2) is 23.1 Å². The minimum absolute atomic E-state index is 0.00995. The molecule has 1 aliphatic heterocycles. The van der Waals surface area contributed by atoms with Crippen LogP contribution in [0.1, 0.15) is 23.7 Å². The van der Waals surface area contributed by atoms with E-state index < -0.39 is 15.9 Å². The quantitative estimate of drug-likeness (QED) is 0.769. The first-order valence-corrected chi connectivity index (χ1v) is 8.11. The Balaban J connectivity index is 2.33. The Morgan fingerprint density at radius 3 is 2.76 bits per heavy atom. The van der Waals surface area contributed by atoms with Crippen LogP contribution in [-0.4, -0.2) is 44.4 Å². The fourth-order valence-electron chi connectivity index (χ4n) is 2.23. The molecule has 1 aliphatic rings. The van der Waals surface area contributed by atoms with Gasteiger partial charge in [0.15, 0.2) is 0 Å². The number of carbonyl (C=O) groups excluding carboxylic acids is 1. The summed E-state index contributed by atoms with van der Waals surface area (Å²) >= 11 is 0. The summed E-state index contributed by atoms with van der Waals surface area (Å²) < 4.78 is 32.1. The number of hydrogen-bond acceptors (Lipinski definition) is 5. The predicted octanol–water partition coefficient (Wildman–Crippen LogP) is 0.167. The van der Waals surface area contributed by atoms with Crippen LogP contribution >= 0.6 is 0 Å². The molecular weight excluding hydrogens is 294 g/mol. The normalized spacial score (nSPS) is 20.3. The summed E-state index contributed by atoms with van der Waals surface area (Å²) in [5.74, 6) is -0.650. The number of carbonyl (C=O) groups is 1. The van der Waals surface area contributed by atoms with Crippen molar-refractivity contribution in [3.63, 3.8) is 0 Å². The third-order valence-electron chi connectivity index (χ3n) is 3.47. The molecule has 0 radical (unpaired) electrons. The molecule has 0 spiro atoms. The largest absolute Gasteiger partial charge is 0.398 e. The number of rotatable bonds is 4. The van der Waals surface area contributed by atoms with Gasteiger partial charge in [0.1, 0.15) is 4.90 Å². The average Bonchev–Trinajstić information content (AvgIpc) is 2.46. The molecule has 1 aromatic rings. The number of ether oxygens (including phenoxy) is 1.